The Morgan fingerprint density at radius 2 is 1.83 bits per heavy atom. The Morgan fingerprint density at radius 1 is 1.03 bits per heavy atom. The van der Waals surface area contributed by atoms with Crippen molar-refractivity contribution in [2.24, 2.45) is 0 Å². The highest BCUT2D eigenvalue weighted by Gasteiger charge is 2.12. The summed E-state index contributed by atoms with van der Waals surface area (Å²) in [5.74, 6) is -0.372. The second-order valence-electron chi connectivity index (χ2n) is 6.59. The molecule has 0 aliphatic rings. The average molecular weight is 457 g/mol. The molecule has 2 heterocycles. The molecule has 0 atom stereocenters. The summed E-state index contributed by atoms with van der Waals surface area (Å²) in [7, 11) is 0. The van der Waals surface area contributed by atoms with Gasteiger partial charge in [0.1, 0.15) is 0 Å². The molecule has 4 aromatic rings. The number of hydrogen-bond donors (Lipinski definition) is 2. The molecule has 0 spiro atoms. The number of benzene rings is 2. The lowest BCUT2D eigenvalue weighted by Crippen LogP contribution is -2.13. The Bertz CT molecular complexity index is 1220. The fraction of sp³-hybridized carbons (Fsp3) is 0.143. The quantitative estimate of drug-likeness (QED) is 0.399. The van der Waals surface area contributed by atoms with Crippen molar-refractivity contribution in [3.63, 3.8) is 0 Å². The van der Waals surface area contributed by atoms with Gasteiger partial charge in [-0.05, 0) is 49.2 Å². The fourth-order valence-electron chi connectivity index (χ4n) is 2.81. The van der Waals surface area contributed by atoms with E-state index < -0.39 is 0 Å². The van der Waals surface area contributed by atoms with Crippen LogP contribution in [0.15, 0.2) is 47.8 Å². The molecule has 2 aromatic carbocycles. The summed E-state index contributed by atoms with van der Waals surface area (Å²) in [5, 5.41) is 9.12. The second-order valence-corrected chi connectivity index (χ2v) is 8.92. The number of aromatic nitrogens is 2. The summed E-state index contributed by atoms with van der Waals surface area (Å²) >= 11 is 8.62. The number of nitrogens with one attached hydrogen (secondary N) is 2. The normalized spacial score (nSPS) is 10.9. The number of amides is 2. The zero-order valence-corrected chi connectivity index (χ0v) is 18.3. The van der Waals surface area contributed by atoms with E-state index in [9.17, 15) is 9.59 Å². The first kappa shape index (κ1) is 20.5. The average Bonchev–Trinajstić information content (AvgIpc) is 3.34. The Labute approximate surface area is 185 Å². The Hall–Kier alpha value is -2.81. The summed E-state index contributed by atoms with van der Waals surface area (Å²) in [6.07, 6.45) is 0.756. The molecule has 9 heteroatoms. The molecule has 0 saturated heterocycles. The van der Waals surface area contributed by atoms with E-state index in [2.05, 4.69) is 20.6 Å². The van der Waals surface area contributed by atoms with Crippen LogP contribution >= 0.6 is 34.3 Å². The first-order valence-corrected chi connectivity index (χ1v) is 11.2. The number of carbonyl (C=O) groups excluding carboxylic acids is 2. The molecule has 30 heavy (non-hydrogen) atoms. The standard InChI is InChI=1S/C21H17ClN4O2S2/c1-12-3-2-4-16-18(12)25-21(30-16)24-17(27)10-9-15-11-29-20(23-15)26-19(28)13-5-7-14(22)8-6-13/h2-8,11H,9-10H2,1H3,(H,23,26,28)(H,24,25,27). The van der Waals surface area contributed by atoms with Crippen molar-refractivity contribution in [2.45, 2.75) is 19.8 Å². The number of anilines is 2. The fourth-order valence-corrected chi connectivity index (χ4v) is 4.64. The lowest BCUT2D eigenvalue weighted by atomic mass is 10.2. The SMILES string of the molecule is Cc1cccc2sc(NC(=O)CCc3csc(NC(=O)c4ccc(Cl)cc4)n3)nc12. The van der Waals surface area contributed by atoms with Crippen molar-refractivity contribution in [3.8, 4) is 0 Å². The minimum atomic E-state index is -0.253. The van der Waals surface area contributed by atoms with Crippen molar-refractivity contribution in [1.29, 1.82) is 0 Å². The lowest BCUT2D eigenvalue weighted by molar-refractivity contribution is -0.116. The molecule has 2 N–H and O–H groups in total. The van der Waals surface area contributed by atoms with Gasteiger partial charge in [-0.25, -0.2) is 9.97 Å². The van der Waals surface area contributed by atoms with Gasteiger partial charge in [-0.1, -0.05) is 35.1 Å². The number of hydrogen-bond acceptors (Lipinski definition) is 6. The maximum absolute atomic E-state index is 12.3. The summed E-state index contributed by atoms with van der Waals surface area (Å²) < 4.78 is 1.05. The number of halogens is 1. The Balaban J connectivity index is 1.31. The molecule has 0 radical (unpaired) electrons. The molecule has 0 saturated carbocycles. The van der Waals surface area contributed by atoms with Crippen molar-refractivity contribution >= 4 is 66.6 Å². The van der Waals surface area contributed by atoms with Crippen molar-refractivity contribution in [3.05, 3.63) is 69.7 Å². The van der Waals surface area contributed by atoms with Crippen molar-refractivity contribution < 1.29 is 9.59 Å². The molecule has 2 amide bonds. The van der Waals surface area contributed by atoms with Gasteiger partial charge in [-0.2, -0.15) is 0 Å². The minimum Gasteiger partial charge on any atom is -0.302 e. The number of rotatable bonds is 6. The van der Waals surface area contributed by atoms with E-state index >= 15 is 0 Å². The Kier molecular flexibility index (Phi) is 6.08. The van der Waals surface area contributed by atoms with E-state index in [0.29, 0.717) is 27.3 Å². The molecule has 0 aliphatic heterocycles. The van der Waals surface area contributed by atoms with Crippen LogP contribution in [0, 0.1) is 6.92 Å². The van der Waals surface area contributed by atoms with Crippen LogP contribution in [0.25, 0.3) is 10.2 Å². The molecule has 0 bridgehead atoms. The molecule has 2 aromatic heterocycles. The molecular weight excluding hydrogens is 440 g/mol. The molecule has 152 valence electrons. The van der Waals surface area contributed by atoms with Crippen molar-refractivity contribution in [2.75, 3.05) is 10.6 Å². The van der Waals surface area contributed by atoms with Crippen LogP contribution in [0.5, 0.6) is 0 Å². The van der Waals surface area contributed by atoms with E-state index in [1.807, 2.05) is 30.5 Å². The zero-order chi connectivity index (χ0) is 21.1. The van der Waals surface area contributed by atoms with Crippen LogP contribution in [-0.4, -0.2) is 21.8 Å². The monoisotopic (exact) mass is 456 g/mol. The smallest absolute Gasteiger partial charge is 0.257 e. The number of aryl methyl sites for hydroxylation is 2. The number of fused-ring (bicyclic) bond motifs is 1. The van der Waals surface area contributed by atoms with Gasteiger partial charge >= 0.3 is 0 Å². The lowest BCUT2D eigenvalue weighted by Gasteiger charge is -2.02. The molecule has 0 aliphatic carbocycles. The van der Waals surface area contributed by atoms with E-state index in [1.54, 1.807) is 24.3 Å². The van der Waals surface area contributed by atoms with Crippen LogP contribution in [0.4, 0.5) is 10.3 Å². The second kappa shape index (κ2) is 8.91. The van der Waals surface area contributed by atoms with Gasteiger partial charge < -0.3 is 5.32 Å². The highest BCUT2D eigenvalue weighted by Crippen LogP contribution is 2.28. The topological polar surface area (TPSA) is 84.0 Å². The van der Waals surface area contributed by atoms with Gasteiger partial charge in [-0.15, -0.1) is 11.3 Å². The maximum atomic E-state index is 12.3. The number of thiazole rings is 2. The van der Waals surface area contributed by atoms with Gasteiger partial charge in [0.15, 0.2) is 10.3 Å². The van der Waals surface area contributed by atoms with Gasteiger partial charge in [0.2, 0.25) is 5.91 Å². The predicted octanol–water partition coefficient (Wildman–Crippen LogP) is 5.54. The molecule has 4 rings (SSSR count). The number of nitrogens with zero attached hydrogens (tertiary/aromatic N) is 2. The van der Waals surface area contributed by atoms with Crippen LogP contribution in [-0.2, 0) is 11.2 Å². The van der Waals surface area contributed by atoms with E-state index in [-0.39, 0.29) is 18.2 Å². The Morgan fingerprint density at radius 3 is 2.60 bits per heavy atom. The summed E-state index contributed by atoms with van der Waals surface area (Å²) in [4.78, 5) is 33.4. The molecule has 0 fully saturated rings. The van der Waals surface area contributed by atoms with Gasteiger partial charge in [0.25, 0.3) is 5.91 Å². The summed E-state index contributed by atoms with van der Waals surface area (Å²) in [6, 6.07) is 12.6. The largest absolute Gasteiger partial charge is 0.302 e. The van der Waals surface area contributed by atoms with Crippen LogP contribution in [0.2, 0.25) is 5.02 Å². The van der Waals surface area contributed by atoms with Crippen LogP contribution < -0.4 is 10.6 Å². The third-order valence-corrected chi connectivity index (χ3v) is 6.35. The predicted molar refractivity (Wildman–Crippen MR) is 123 cm³/mol. The third-order valence-electron chi connectivity index (χ3n) is 4.35. The number of carbonyl (C=O) groups is 2. The maximum Gasteiger partial charge on any atom is 0.257 e. The van der Waals surface area contributed by atoms with Crippen molar-refractivity contribution in [1.82, 2.24) is 9.97 Å². The summed E-state index contributed by atoms with van der Waals surface area (Å²) in [5.41, 5.74) is 3.25. The molecule has 6 nitrogen and oxygen atoms in total. The van der Waals surface area contributed by atoms with Gasteiger partial charge in [-0.3, -0.25) is 14.9 Å². The van der Waals surface area contributed by atoms with Crippen LogP contribution in [0.3, 0.4) is 0 Å². The first-order valence-electron chi connectivity index (χ1n) is 9.15. The highest BCUT2D eigenvalue weighted by molar-refractivity contribution is 7.22. The van der Waals surface area contributed by atoms with Crippen LogP contribution in [0.1, 0.15) is 28.0 Å². The molecule has 0 unspecified atom stereocenters. The van der Waals surface area contributed by atoms with Gasteiger partial charge in [0, 0.05) is 22.4 Å². The molecular formula is C21H17ClN4O2S2. The third kappa shape index (κ3) is 4.84. The highest BCUT2D eigenvalue weighted by atomic mass is 35.5. The minimum absolute atomic E-state index is 0.119. The summed E-state index contributed by atoms with van der Waals surface area (Å²) in [6.45, 7) is 2.00. The zero-order valence-electron chi connectivity index (χ0n) is 15.9. The van der Waals surface area contributed by atoms with E-state index in [4.69, 9.17) is 11.6 Å². The first-order chi connectivity index (χ1) is 14.5. The van der Waals surface area contributed by atoms with Gasteiger partial charge in [0.05, 0.1) is 15.9 Å². The number of para-hydroxylation sites is 1. The van der Waals surface area contributed by atoms with E-state index in [0.717, 1.165) is 21.5 Å². The van der Waals surface area contributed by atoms with E-state index in [1.165, 1.54) is 22.7 Å².